The first-order valence-electron chi connectivity index (χ1n) is 3.63. The van der Waals surface area contributed by atoms with Gasteiger partial charge in [-0.3, -0.25) is 9.69 Å². The number of carboxylic acid groups (broad SMARTS) is 1. The molecular weight excluding hydrogens is 146 g/mol. The standard InChI is InChI=1S/C7H11NO3/c9-4-3-8-2-1-6(5-8)7(10)11/h4,6H,1-3,5H2,(H,10,11)/t6-/m0/s1. The minimum atomic E-state index is -0.751. The van der Waals surface area contributed by atoms with E-state index in [4.69, 9.17) is 5.11 Å². The molecule has 1 atom stereocenters. The first kappa shape index (κ1) is 8.20. The first-order chi connectivity index (χ1) is 5.24. The van der Waals surface area contributed by atoms with E-state index < -0.39 is 5.97 Å². The summed E-state index contributed by atoms with van der Waals surface area (Å²) >= 11 is 0. The number of nitrogens with zero attached hydrogens (tertiary/aromatic N) is 1. The van der Waals surface area contributed by atoms with Crippen LogP contribution in [0.25, 0.3) is 0 Å². The third-order valence-corrected chi connectivity index (χ3v) is 1.95. The van der Waals surface area contributed by atoms with Crippen LogP contribution >= 0.6 is 0 Å². The van der Waals surface area contributed by atoms with Gasteiger partial charge in [-0.1, -0.05) is 0 Å². The van der Waals surface area contributed by atoms with Crippen LogP contribution in [0.15, 0.2) is 0 Å². The van der Waals surface area contributed by atoms with Crippen LogP contribution in [0.1, 0.15) is 6.42 Å². The average molecular weight is 157 g/mol. The second-order valence-corrected chi connectivity index (χ2v) is 2.75. The summed E-state index contributed by atoms with van der Waals surface area (Å²) in [5.74, 6) is -1.02. The van der Waals surface area contributed by atoms with E-state index in [1.54, 1.807) is 0 Å². The Kier molecular flexibility index (Phi) is 2.59. The zero-order chi connectivity index (χ0) is 8.27. The SMILES string of the molecule is O=CCN1CC[C@H](C(=O)O)C1. The van der Waals surface area contributed by atoms with Crippen LogP contribution in [0.4, 0.5) is 0 Å². The fourth-order valence-corrected chi connectivity index (χ4v) is 1.31. The summed E-state index contributed by atoms with van der Waals surface area (Å²) in [5.41, 5.74) is 0. The zero-order valence-corrected chi connectivity index (χ0v) is 6.19. The van der Waals surface area contributed by atoms with Gasteiger partial charge in [0, 0.05) is 6.54 Å². The quantitative estimate of drug-likeness (QED) is 0.566. The monoisotopic (exact) mass is 157 g/mol. The lowest BCUT2D eigenvalue weighted by atomic mass is 10.1. The van der Waals surface area contributed by atoms with Crippen molar-refractivity contribution in [3.63, 3.8) is 0 Å². The highest BCUT2D eigenvalue weighted by Gasteiger charge is 2.27. The predicted molar refractivity (Wildman–Crippen MR) is 38.2 cm³/mol. The van der Waals surface area contributed by atoms with E-state index in [1.165, 1.54) is 0 Å². The van der Waals surface area contributed by atoms with Crippen molar-refractivity contribution in [1.82, 2.24) is 4.90 Å². The molecule has 1 fully saturated rings. The van der Waals surface area contributed by atoms with Crippen LogP contribution in [0.5, 0.6) is 0 Å². The molecule has 0 radical (unpaired) electrons. The number of aldehydes is 1. The third-order valence-electron chi connectivity index (χ3n) is 1.95. The van der Waals surface area contributed by atoms with E-state index in [2.05, 4.69) is 0 Å². The summed E-state index contributed by atoms with van der Waals surface area (Å²) in [7, 11) is 0. The lowest BCUT2D eigenvalue weighted by Gasteiger charge is -2.09. The largest absolute Gasteiger partial charge is 0.481 e. The maximum atomic E-state index is 10.4. The second-order valence-electron chi connectivity index (χ2n) is 2.75. The van der Waals surface area contributed by atoms with Crippen LogP contribution in [0, 0.1) is 5.92 Å². The lowest BCUT2D eigenvalue weighted by molar-refractivity contribution is -0.141. The molecule has 1 saturated heterocycles. The number of carbonyl (C=O) groups is 2. The summed E-state index contributed by atoms with van der Waals surface area (Å²) in [6, 6.07) is 0. The average Bonchev–Trinajstić information content (AvgIpc) is 2.37. The maximum Gasteiger partial charge on any atom is 0.307 e. The first-order valence-corrected chi connectivity index (χ1v) is 3.63. The summed E-state index contributed by atoms with van der Waals surface area (Å²) in [6.45, 7) is 1.62. The van der Waals surface area contributed by atoms with Crippen molar-refractivity contribution in [2.75, 3.05) is 19.6 Å². The highest BCUT2D eigenvalue weighted by molar-refractivity contribution is 5.70. The molecule has 1 N–H and O–H groups in total. The Morgan fingerprint density at radius 2 is 2.45 bits per heavy atom. The Labute approximate surface area is 64.8 Å². The Morgan fingerprint density at radius 3 is 2.91 bits per heavy atom. The number of likely N-dealkylation sites (tertiary alicyclic amines) is 1. The molecule has 0 bridgehead atoms. The maximum absolute atomic E-state index is 10.4. The molecule has 0 aromatic heterocycles. The van der Waals surface area contributed by atoms with E-state index in [9.17, 15) is 9.59 Å². The number of rotatable bonds is 3. The Hall–Kier alpha value is -0.900. The lowest BCUT2D eigenvalue weighted by Crippen LogP contribution is -2.24. The molecule has 4 nitrogen and oxygen atoms in total. The molecule has 62 valence electrons. The van der Waals surface area contributed by atoms with Crippen molar-refractivity contribution in [3.05, 3.63) is 0 Å². The molecule has 11 heavy (non-hydrogen) atoms. The van der Waals surface area contributed by atoms with E-state index in [1.807, 2.05) is 4.90 Å². The predicted octanol–water partition coefficient (Wildman–Crippen LogP) is -0.408. The highest BCUT2D eigenvalue weighted by Crippen LogP contribution is 2.14. The zero-order valence-electron chi connectivity index (χ0n) is 6.19. The van der Waals surface area contributed by atoms with Gasteiger partial charge in [0.1, 0.15) is 6.29 Å². The Balaban J connectivity index is 2.34. The van der Waals surface area contributed by atoms with Crippen LogP contribution in [0.3, 0.4) is 0 Å². The van der Waals surface area contributed by atoms with Gasteiger partial charge >= 0.3 is 5.97 Å². The van der Waals surface area contributed by atoms with Gasteiger partial charge in [0.25, 0.3) is 0 Å². The molecule has 0 spiro atoms. The summed E-state index contributed by atoms with van der Waals surface area (Å²) < 4.78 is 0. The number of hydrogen-bond acceptors (Lipinski definition) is 3. The molecule has 0 aromatic rings. The van der Waals surface area contributed by atoms with E-state index in [-0.39, 0.29) is 5.92 Å². The van der Waals surface area contributed by atoms with Gasteiger partial charge < -0.3 is 9.90 Å². The van der Waals surface area contributed by atoms with Gasteiger partial charge in [-0.2, -0.15) is 0 Å². The molecule has 1 rings (SSSR count). The van der Waals surface area contributed by atoms with Crippen LogP contribution in [0.2, 0.25) is 0 Å². The smallest absolute Gasteiger partial charge is 0.307 e. The fraction of sp³-hybridized carbons (Fsp3) is 0.714. The summed E-state index contributed by atoms with van der Waals surface area (Å²) in [4.78, 5) is 22.3. The number of carboxylic acids is 1. The molecule has 1 aliphatic heterocycles. The van der Waals surface area contributed by atoms with Gasteiger partial charge in [-0.25, -0.2) is 0 Å². The van der Waals surface area contributed by atoms with E-state index in [0.717, 1.165) is 12.8 Å². The summed E-state index contributed by atoms with van der Waals surface area (Å²) in [6.07, 6.45) is 1.48. The summed E-state index contributed by atoms with van der Waals surface area (Å²) in [5, 5.41) is 8.58. The Bertz CT molecular complexity index is 169. The van der Waals surface area contributed by atoms with Crippen molar-refractivity contribution in [2.45, 2.75) is 6.42 Å². The van der Waals surface area contributed by atoms with Crippen molar-refractivity contribution >= 4 is 12.3 Å². The van der Waals surface area contributed by atoms with Crippen molar-refractivity contribution < 1.29 is 14.7 Å². The van der Waals surface area contributed by atoms with E-state index in [0.29, 0.717) is 19.5 Å². The van der Waals surface area contributed by atoms with Gasteiger partial charge in [0.2, 0.25) is 0 Å². The van der Waals surface area contributed by atoms with Crippen molar-refractivity contribution in [1.29, 1.82) is 0 Å². The van der Waals surface area contributed by atoms with Gasteiger partial charge in [-0.15, -0.1) is 0 Å². The van der Waals surface area contributed by atoms with E-state index >= 15 is 0 Å². The molecule has 1 aliphatic rings. The Morgan fingerprint density at radius 1 is 1.73 bits per heavy atom. The molecule has 0 saturated carbocycles. The fourth-order valence-electron chi connectivity index (χ4n) is 1.31. The van der Waals surface area contributed by atoms with Crippen molar-refractivity contribution in [3.8, 4) is 0 Å². The topological polar surface area (TPSA) is 57.6 Å². The number of hydrogen-bond donors (Lipinski definition) is 1. The molecule has 0 aliphatic carbocycles. The van der Waals surface area contributed by atoms with Gasteiger partial charge in [0.05, 0.1) is 12.5 Å². The van der Waals surface area contributed by atoms with Crippen LogP contribution < -0.4 is 0 Å². The molecule has 1 heterocycles. The highest BCUT2D eigenvalue weighted by atomic mass is 16.4. The van der Waals surface area contributed by atoms with Gasteiger partial charge in [0.15, 0.2) is 0 Å². The normalized spacial score (nSPS) is 25.3. The molecule has 0 unspecified atom stereocenters. The van der Waals surface area contributed by atoms with Crippen LogP contribution in [-0.4, -0.2) is 41.9 Å². The number of carbonyl (C=O) groups excluding carboxylic acids is 1. The molecule has 0 amide bonds. The second kappa shape index (κ2) is 3.48. The van der Waals surface area contributed by atoms with Crippen LogP contribution in [-0.2, 0) is 9.59 Å². The van der Waals surface area contributed by atoms with Crippen molar-refractivity contribution in [2.24, 2.45) is 5.92 Å². The number of aliphatic carboxylic acids is 1. The molecule has 4 heteroatoms. The van der Waals surface area contributed by atoms with Gasteiger partial charge in [-0.05, 0) is 13.0 Å². The molecule has 0 aromatic carbocycles. The minimum absolute atomic E-state index is 0.269. The molecular formula is C7H11NO3. The third kappa shape index (κ3) is 2.01. The minimum Gasteiger partial charge on any atom is -0.481 e.